The van der Waals surface area contributed by atoms with Gasteiger partial charge in [0, 0.05) is 18.1 Å². The van der Waals surface area contributed by atoms with E-state index in [1.165, 1.54) is 37.9 Å². The van der Waals surface area contributed by atoms with E-state index in [-0.39, 0.29) is 0 Å². The topological polar surface area (TPSA) is 15.3 Å². The van der Waals surface area contributed by atoms with Crippen molar-refractivity contribution in [3.8, 4) is 0 Å². The Labute approximate surface area is 97.6 Å². The summed E-state index contributed by atoms with van der Waals surface area (Å²) in [6.45, 7) is 2.42. The van der Waals surface area contributed by atoms with Gasteiger partial charge in [0.2, 0.25) is 0 Å². The molecule has 2 heteroatoms. The summed E-state index contributed by atoms with van der Waals surface area (Å²) >= 11 is 0. The summed E-state index contributed by atoms with van der Waals surface area (Å²) in [6.07, 6.45) is 3.79. The van der Waals surface area contributed by atoms with Gasteiger partial charge < -0.3 is 10.2 Å². The van der Waals surface area contributed by atoms with Gasteiger partial charge in [-0.2, -0.15) is 0 Å². The van der Waals surface area contributed by atoms with Crippen molar-refractivity contribution in [3.05, 3.63) is 35.9 Å². The fourth-order valence-electron chi connectivity index (χ4n) is 3.51. The number of rotatable bonds is 2. The van der Waals surface area contributed by atoms with Crippen LogP contribution in [0.2, 0.25) is 0 Å². The summed E-state index contributed by atoms with van der Waals surface area (Å²) in [5.41, 5.74) is 1.83. The second kappa shape index (κ2) is 3.86. The van der Waals surface area contributed by atoms with Crippen LogP contribution in [0.5, 0.6) is 0 Å². The molecule has 2 nitrogen and oxygen atoms in total. The summed E-state index contributed by atoms with van der Waals surface area (Å²) in [5.74, 6) is 0. The Morgan fingerprint density at radius 2 is 2.19 bits per heavy atom. The maximum atomic E-state index is 3.77. The van der Waals surface area contributed by atoms with Crippen molar-refractivity contribution < 1.29 is 0 Å². The van der Waals surface area contributed by atoms with Crippen molar-refractivity contribution in [1.29, 1.82) is 0 Å². The van der Waals surface area contributed by atoms with E-state index in [0.29, 0.717) is 5.54 Å². The predicted molar refractivity (Wildman–Crippen MR) is 66.5 cm³/mol. The molecule has 2 fully saturated rings. The Morgan fingerprint density at radius 1 is 1.38 bits per heavy atom. The first-order chi connectivity index (χ1) is 7.80. The number of nitrogens with zero attached hydrogens (tertiary/aromatic N) is 1. The molecule has 16 heavy (non-hydrogen) atoms. The smallest absolute Gasteiger partial charge is 0.0390 e. The zero-order valence-corrected chi connectivity index (χ0v) is 9.95. The van der Waals surface area contributed by atoms with Gasteiger partial charge in [0.25, 0.3) is 0 Å². The minimum Gasteiger partial charge on any atom is -0.309 e. The predicted octanol–water partition coefficient (Wildman–Crippen LogP) is 1.67. The van der Waals surface area contributed by atoms with Crippen LogP contribution in [0.25, 0.3) is 0 Å². The molecule has 0 bridgehead atoms. The van der Waals surface area contributed by atoms with Crippen molar-refractivity contribution in [2.24, 2.45) is 0 Å². The molecule has 0 aliphatic carbocycles. The minimum absolute atomic E-state index is 0.357. The molecule has 2 heterocycles. The van der Waals surface area contributed by atoms with Crippen LogP contribution in [0, 0.1) is 0 Å². The summed E-state index contributed by atoms with van der Waals surface area (Å²) in [5, 5.41) is 3.77. The van der Waals surface area contributed by atoms with Crippen LogP contribution in [0.3, 0.4) is 0 Å². The van der Waals surface area contributed by atoms with Crippen molar-refractivity contribution in [3.63, 3.8) is 0 Å². The first-order valence-electron chi connectivity index (χ1n) is 6.29. The molecule has 0 aromatic heterocycles. The molecule has 1 aromatic rings. The van der Waals surface area contributed by atoms with E-state index in [9.17, 15) is 0 Å². The molecule has 0 saturated carbocycles. The van der Waals surface area contributed by atoms with Crippen LogP contribution in [-0.2, 0) is 6.42 Å². The van der Waals surface area contributed by atoms with E-state index in [2.05, 4.69) is 47.6 Å². The summed E-state index contributed by atoms with van der Waals surface area (Å²) in [6, 6.07) is 11.6. The lowest BCUT2D eigenvalue weighted by molar-refractivity contribution is 0.259. The van der Waals surface area contributed by atoms with Gasteiger partial charge in [0.15, 0.2) is 0 Å². The Bertz CT molecular complexity index is 362. The highest BCUT2D eigenvalue weighted by Crippen LogP contribution is 2.36. The highest BCUT2D eigenvalue weighted by Gasteiger charge is 2.48. The van der Waals surface area contributed by atoms with Gasteiger partial charge in [-0.15, -0.1) is 0 Å². The van der Waals surface area contributed by atoms with E-state index in [1.54, 1.807) is 0 Å². The number of benzene rings is 1. The number of hydrogen-bond acceptors (Lipinski definition) is 2. The van der Waals surface area contributed by atoms with Crippen molar-refractivity contribution in [2.45, 2.75) is 30.8 Å². The quantitative estimate of drug-likeness (QED) is 0.809. The molecule has 3 rings (SSSR count). The summed E-state index contributed by atoms with van der Waals surface area (Å²) in [7, 11) is 2.27. The standard InChI is InChI=1S/C14H20N2/c1-16-10-8-14(13(16)7-9-15-14)11-12-5-3-2-4-6-12/h2-6,13,15H,7-11H2,1H3. The summed E-state index contributed by atoms with van der Waals surface area (Å²) < 4.78 is 0. The monoisotopic (exact) mass is 216 g/mol. The van der Waals surface area contributed by atoms with E-state index in [0.717, 1.165) is 6.04 Å². The van der Waals surface area contributed by atoms with Crippen molar-refractivity contribution in [1.82, 2.24) is 10.2 Å². The van der Waals surface area contributed by atoms with Gasteiger partial charge in [-0.25, -0.2) is 0 Å². The van der Waals surface area contributed by atoms with Crippen molar-refractivity contribution in [2.75, 3.05) is 20.1 Å². The van der Waals surface area contributed by atoms with Gasteiger partial charge in [-0.05, 0) is 38.4 Å². The average Bonchev–Trinajstić information content (AvgIpc) is 2.82. The maximum Gasteiger partial charge on any atom is 0.0390 e. The minimum atomic E-state index is 0.357. The third-order valence-electron chi connectivity index (χ3n) is 4.34. The van der Waals surface area contributed by atoms with Gasteiger partial charge >= 0.3 is 0 Å². The number of fused-ring (bicyclic) bond motifs is 1. The van der Waals surface area contributed by atoms with Gasteiger partial charge in [0.1, 0.15) is 0 Å². The molecule has 2 saturated heterocycles. The van der Waals surface area contributed by atoms with Crippen LogP contribution < -0.4 is 5.32 Å². The Kier molecular flexibility index (Phi) is 2.49. The molecular weight excluding hydrogens is 196 g/mol. The van der Waals surface area contributed by atoms with Crippen molar-refractivity contribution >= 4 is 0 Å². The van der Waals surface area contributed by atoms with Crippen LogP contribution in [0.4, 0.5) is 0 Å². The van der Waals surface area contributed by atoms with E-state index in [4.69, 9.17) is 0 Å². The molecule has 86 valence electrons. The van der Waals surface area contributed by atoms with Crippen LogP contribution in [0.15, 0.2) is 30.3 Å². The number of likely N-dealkylation sites (N-methyl/N-ethyl adjacent to an activating group) is 1. The zero-order chi connectivity index (χ0) is 11.0. The van der Waals surface area contributed by atoms with E-state index >= 15 is 0 Å². The Hall–Kier alpha value is -0.860. The number of likely N-dealkylation sites (tertiary alicyclic amines) is 1. The highest BCUT2D eigenvalue weighted by atomic mass is 15.3. The molecule has 1 aromatic carbocycles. The van der Waals surface area contributed by atoms with Crippen LogP contribution in [0.1, 0.15) is 18.4 Å². The number of nitrogens with one attached hydrogen (secondary N) is 1. The van der Waals surface area contributed by atoms with E-state index in [1.807, 2.05) is 0 Å². The van der Waals surface area contributed by atoms with Gasteiger partial charge in [-0.3, -0.25) is 0 Å². The fourth-order valence-corrected chi connectivity index (χ4v) is 3.51. The molecule has 2 unspecified atom stereocenters. The molecule has 0 amide bonds. The Morgan fingerprint density at radius 3 is 3.00 bits per heavy atom. The molecule has 2 atom stereocenters. The molecular formula is C14H20N2. The third kappa shape index (κ3) is 1.57. The SMILES string of the molecule is CN1CCC2(Cc3ccccc3)NCCC12. The highest BCUT2D eigenvalue weighted by molar-refractivity contribution is 5.22. The molecule has 2 aliphatic heterocycles. The molecule has 2 aliphatic rings. The molecule has 0 spiro atoms. The largest absolute Gasteiger partial charge is 0.309 e. The van der Waals surface area contributed by atoms with Crippen LogP contribution in [-0.4, -0.2) is 36.6 Å². The average molecular weight is 216 g/mol. The van der Waals surface area contributed by atoms with Gasteiger partial charge in [-0.1, -0.05) is 30.3 Å². The fraction of sp³-hybridized carbons (Fsp3) is 0.571. The van der Waals surface area contributed by atoms with Gasteiger partial charge in [0.05, 0.1) is 0 Å². The molecule has 1 N–H and O–H groups in total. The lowest BCUT2D eigenvalue weighted by atomic mass is 9.85. The lowest BCUT2D eigenvalue weighted by Gasteiger charge is -2.31. The zero-order valence-electron chi connectivity index (χ0n) is 9.95. The van der Waals surface area contributed by atoms with Crippen LogP contribution >= 0.6 is 0 Å². The second-order valence-corrected chi connectivity index (χ2v) is 5.28. The second-order valence-electron chi connectivity index (χ2n) is 5.28. The first-order valence-corrected chi connectivity index (χ1v) is 6.29. The summed E-state index contributed by atoms with van der Waals surface area (Å²) in [4.78, 5) is 2.53. The third-order valence-corrected chi connectivity index (χ3v) is 4.34. The maximum absolute atomic E-state index is 3.77. The number of hydrogen-bond donors (Lipinski definition) is 1. The van der Waals surface area contributed by atoms with E-state index < -0.39 is 0 Å². The lowest BCUT2D eigenvalue weighted by Crippen LogP contribution is -2.48. The Balaban J connectivity index is 1.83. The normalized spacial score (nSPS) is 34.2. The molecule has 0 radical (unpaired) electrons. The first kappa shape index (κ1) is 10.3.